The normalized spacial score (nSPS) is 20.4. The Balaban J connectivity index is 1.58. The minimum atomic E-state index is -1.11. The second-order valence-electron chi connectivity index (χ2n) is 9.07. The van der Waals surface area contributed by atoms with Gasteiger partial charge in [0.15, 0.2) is 11.6 Å². The number of aliphatic hydroxyl groups excluding tert-OH is 1. The number of nitrogens with zero attached hydrogens (tertiary/aromatic N) is 2. The Morgan fingerprint density at radius 3 is 2.58 bits per heavy atom. The van der Waals surface area contributed by atoms with Crippen LogP contribution in [0, 0.1) is 0 Å². The molecule has 0 spiro atoms. The molecule has 0 saturated carbocycles. The molecule has 186 valence electrons. The van der Waals surface area contributed by atoms with Crippen LogP contribution < -0.4 is 9.64 Å². The summed E-state index contributed by atoms with van der Waals surface area (Å²) in [5.74, 6) is 1.12. The van der Waals surface area contributed by atoms with Gasteiger partial charge in [0.05, 0.1) is 12.3 Å². The summed E-state index contributed by atoms with van der Waals surface area (Å²) >= 11 is 3.66. The van der Waals surface area contributed by atoms with Crippen molar-refractivity contribution in [2.45, 2.75) is 37.8 Å². The summed E-state index contributed by atoms with van der Waals surface area (Å²) < 4.78 is 13.2. The van der Waals surface area contributed by atoms with Crippen molar-refractivity contribution < 1.29 is 19.4 Å². The van der Waals surface area contributed by atoms with E-state index in [1.165, 1.54) is 0 Å². The van der Waals surface area contributed by atoms with E-state index in [2.05, 4.69) is 22.9 Å². The number of carbonyl (C=O) groups excluding carboxylic acids is 1. The van der Waals surface area contributed by atoms with Gasteiger partial charge in [-0.15, -0.1) is 0 Å². The number of fused-ring (bicyclic) bond motifs is 3. The van der Waals surface area contributed by atoms with Crippen molar-refractivity contribution in [3.8, 4) is 5.75 Å². The van der Waals surface area contributed by atoms with Crippen LogP contribution in [0.4, 0.5) is 5.69 Å². The van der Waals surface area contributed by atoms with Gasteiger partial charge < -0.3 is 19.5 Å². The third kappa shape index (κ3) is 4.42. The zero-order valence-electron chi connectivity index (χ0n) is 20.2. The number of hydrogen-bond donors (Lipinski definition) is 1. The van der Waals surface area contributed by atoms with E-state index in [9.17, 15) is 4.79 Å². The van der Waals surface area contributed by atoms with Crippen LogP contribution in [-0.4, -0.2) is 42.2 Å². The number of ether oxygens (including phenoxy) is 2. The molecule has 0 aromatic heterocycles. The molecule has 0 aliphatic carbocycles. The maximum atomic E-state index is 14.3. The molecule has 6 nitrogen and oxygen atoms in total. The maximum Gasteiger partial charge on any atom is 0.259 e. The third-order valence-corrected chi connectivity index (χ3v) is 7.40. The Hall–Kier alpha value is -3.16. The largest absolute Gasteiger partial charge is 0.494 e. The standard InChI is InChI=1S/C29H29BrN2O4/c1-2-16-32-25-11-6-4-9-23(25)26-29(28(32)34,19-21-8-3-5-10-24(21)30)31-27(36-26)20-12-14-22(15-13-20)35-18-7-17-33/h3-6,8-15,26,33H,2,7,16-19H2,1H3/t26-,29-/m1/s1. The van der Waals surface area contributed by atoms with Crippen LogP contribution >= 0.6 is 15.9 Å². The number of aliphatic imine (C=N–C) groups is 1. The van der Waals surface area contributed by atoms with E-state index in [0.29, 0.717) is 37.6 Å². The molecule has 2 heterocycles. The number of rotatable bonds is 9. The number of anilines is 1. The van der Waals surface area contributed by atoms with Gasteiger partial charge in [0.25, 0.3) is 5.91 Å². The summed E-state index contributed by atoms with van der Waals surface area (Å²) in [5, 5.41) is 8.98. The van der Waals surface area contributed by atoms with Crippen molar-refractivity contribution in [1.82, 2.24) is 0 Å². The molecule has 0 saturated heterocycles. The first-order valence-electron chi connectivity index (χ1n) is 12.3. The predicted molar refractivity (Wildman–Crippen MR) is 144 cm³/mol. The Labute approximate surface area is 219 Å². The minimum absolute atomic E-state index is 0.0391. The third-order valence-electron chi connectivity index (χ3n) is 6.63. The second kappa shape index (κ2) is 10.4. The molecule has 36 heavy (non-hydrogen) atoms. The smallest absolute Gasteiger partial charge is 0.259 e. The average Bonchev–Trinajstić information content (AvgIpc) is 3.29. The number of para-hydroxylation sites is 1. The fourth-order valence-electron chi connectivity index (χ4n) is 4.92. The number of halogens is 1. The van der Waals surface area contributed by atoms with Crippen molar-refractivity contribution in [3.63, 3.8) is 0 Å². The Kier molecular flexibility index (Phi) is 7.12. The summed E-state index contributed by atoms with van der Waals surface area (Å²) in [4.78, 5) is 21.2. The molecule has 2 aliphatic rings. The number of carbonyl (C=O) groups is 1. The molecule has 3 aromatic carbocycles. The average molecular weight is 549 g/mol. The van der Waals surface area contributed by atoms with E-state index in [0.717, 1.165) is 33.3 Å². The molecule has 1 N–H and O–H groups in total. The predicted octanol–water partition coefficient (Wildman–Crippen LogP) is 5.47. The van der Waals surface area contributed by atoms with Crippen LogP contribution in [0.15, 0.2) is 82.3 Å². The van der Waals surface area contributed by atoms with Crippen molar-refractivity contribution in [2.24, 2.45) is 4.99 Å². The number of hydrogen-bond acceptors (Lipinski definition) is 5. The van der Waals surface area contributed by atoms with Gasteiger partial charge in [-0.05, 0) is 48.4 Å². The quantitative estimate of drug-likeness (QED) is 0.360. The molecule has 0 unspecified atom stereocenters. The summed E-state index contributed by atoms with van der Waals surface area (Å²) in [5.41, 5.74) is 2.55. The van der Waals surface area contributed by atoms with E-state index in [4.69, 9.17) is 19.6 Å². The summed E-state index contributed by atoms with van der Waals surface area (Å²) in [6, 6.07) is 23.5. The summed E-state index contributed by atoms with van der Waals surface area (Å²) in [6.07, 6.45) is 1.30. The van der Waals surface area contributed by atoms with E-state index < -0.39 is 11.6 Å². The van der Waals surface area contributed by atoms with Gasteiger partial charge in [-0.25, -0.2) is 4.99 Å². The van der Waals surface area contributed by atoms with Crippen LogP contribution in [0.1, 0.15) is 42.6 Å². The van der Waals surface area contributed by atoms with E-state index >= 15 is 0 Å². The summed E-state index contributed by atoms with van der Waals surface area (Å²) in [6.45, 7) is 3.23. The molecule has 2 aliphatic heterocycles. The first kappa shape index (κ1) is 24.5. The van der Waals surface area contributed by atoms with Crippen LogP contribution in [-0.2, 0) is 16.0 Å². The lowest BCUT2D eigenvalue weighted by Crippen LogP contribution is -2.55. The first-order valence-corrected chi connectivity index (χ1v) is 13.1. The van der Waals surface area contributed by atoms with E-state index in [1.807, 2.05) is 77.7 Å². The number of benzene rings is 3. The van der Waals surface area contributed by atoms with E-state index in [-0.39, 0.29) is 12.5 Å². The van der Waals surface area contributed by atoms with Crippen LogP contribution in [0.2, 0.25) is 0 Å². The number of aliphatic hydroxyl groups is 1. The number of amides is 1. The maximum absolute atomic E-state index is 14.3. The zero-order chi connectivity index (χ0) is 25.1. The zero-order valence-corrected chi connectivity index (χ0v) is 21.8. The van der Waals surface area contributed by atoms with Crippen molar-refractivity contribution >= 4 is 33.4 Å². The highest BCUT2D eigenvalue weighted by molar-refractivity contribution is 9.10. The van der Waals surface area contributed by atoms with Crippen molar-refractivity contribution in [2.75, 3.05) is 24.7 Å². The Morgan fingerprint density at radius 2 is 1.83 bits per heavy atom. The van der Waals surface area contributed by atoms with E-state index in [1.54, 1.807) is 0 Å². The van der Waals surface area contributed by atoms with Gasteiger partial charge in [-0.3, -0.25) is 4.79 Å². The molecule has 7 heteroatoms. The highest BCUT2D eigenvalue weighted by Gasteiger charge is 2.58. The van der Waals surface area contributed by atoms with Gasteiger partial charge in [-0.2, -0.15) is 0 Å². The van der Waals surface area contributed by atoms with Crippen LogP contribution in [0.25, 0.3) is 0 Å². The highest BCUT2D eigenvalue weighted by atomic mass is 79.9. The monoisotopic (exact) mass is 548 g/mol. The molecule has 2 atom stereocenters. The SMILES string of the molecule is CCCN1C(=O)[C@]2(Cc3ccccc3Br)N=C(c3ccc(OCCCO)cc3)O[C@@H]2c2ccccc21. The lowest BCUT2D eigenvalue weighted by Gasteiger charge is -2.41. The topological polar surface area (TPSA) is 71.4 Å². The van der Waals surface area contributed by atoms with Crippen molar-refractivity contribution in [1.29, 1.82) is 0 Å². The van der Waals surface area contributed by atoms with Gasteiger partial charge in [0.2, 0.25) is 5.90 Å². The highest BCUT2D eigenvalue weighted by Crippen LogP contribution is 2.50. The van der Waals surface area contributed by atoms with Crippen LogP contribution in [0.3, 0.4) is 0 Å². The fourth-order valence-corrected chi connectivity index (χ4v) is 5.35. The molecule has 0 fully saturated rings. The minimum Gasteiger partial charge on any atom is -0.494 e. The molecule has 5 rings (SSSR count). The van der Waals surface area contributed by atoms with Crippen molar-refractivity contribution in [3.05, 3.63) is 94.0 Å². The molecular formula is C29H29BrN2O4. The second-order valence-corrected chi connectivity index (χ2v) is 9.93. The fraction of sp³-hybridized carbons (Fsp3) is 0.310. The molecule has 0 radical (unpaired) electrons. The first-order chi connectivity index (χ1) is 17.6. The summed E-state index contributed by atoms with van der Waals surface area (Å²) in [7, 11) is 0. The lowest BCUT2D eigenvalue weighted by atomic mass is 9.78. The molecule has 1 amide bonds. The Bertz CT molecular complexity index is 1280. The van der Waals surface area contributed by atoms with Gasteiger partial charge in [0.1, 0.15) is 5.75 Å². The van der Waals surface area contributed by atoms with Gasteiger partial charge in [-0.1, -0.05) is 59.3 Å². The Morgan fingerprint density at radius 1 is 1.08 bits per heavy atom. The molecular weight excluding hydrogens is 520 g/mol. The molecule has 0 bridgehead atoms. The lowest BCUT2D eigenvalue weighted by molar-refractivity contribution is -0.127. The van der Waals surface area contributed by atoms with Gasteiger partial charge in [0, 0.05) is 41.6 Å². The van der Waals surface area contributed by atoms with Crippen LogP contribution in [0.5, 0.6) is 5.75 Å². The molecule has 3 aromatic rings. The van der Waals surface area contributed by atoms with Gasteiger partial charge >= 0.3 is 0 Å².